The first-order chi connectivity index (χ1) is 11.9. The van der Waals surface area contributed by atoms with Crippen molar-refractivity contribution >= 4 is 40.7 Å². The molecule has 3 rings (SSSR count). The molecule has 3 N–H and O–H groups in total. The van der Waals surface area contributed by atoms with Gasteiger partial charge in [-0.25, -0.2) is 0 Å². The predicted molar refractivity (Wildman–Crippen MR) is 98.1 cm³/mol. The van der Waals surface area contributed by atoms with Gasteiger partial charge >= 0.3 is 7.12 Å². The third kappa shape index (κ3) is 3.46. The van der Waals surface area contributed by atoms with Crippen molar-refractivity contribution in [3.63, 3.8) is 0 Å². The van der Waals surface area contributed by atoms with E-state index < -0.39 is 19.1 Å². The lowest BCUT2D eigenvalue weighted by Gasteiger charge is -2.22. The quantitative estimate of drug-likeness (QED) is 0.701. The molecular weight excluding hydrogens is 339 g/mol. The highest BCUT2D eigenvalue weighted by molar-refractivity contribution is 7.21. The lowest BCUT2D eigenvalue weighted by Crippen LogP contribution is -2.44. The molecule has 8 heteroatoms. The number of carbonyl (C=O) groups excluding carboxylic acids is 2. The van der Waals surface area contributed by atoms with Crippen molar-refractivity contribution in [2.75, 3.05) is 4.90 Å². The third-order valence-corrected chi connectivity index (χ3v) is 5.27. The van der Waals surface area contributed by atoms with Crippen LogP contribution in [0.15, 0.2) is 35.7 Å². The van der Waals surface area contributed by atoms with Crippen LogP contribution < -0.4 is 15.0 Å². The number of rotatable bonds is 4. The fraction of sp³-hybridized carbons (Fsp3) is 0.294. The highest BCUT2D eigenvalue weighted by Crippen LogP contribution is 2.27. The van der Waals surface area contributed by atoms with E-state index in [0.29, 0.717) is 6.42 Å². The van der Waals surface area contributed by atoms with Crippen molar-refractivity contribution in [2.45, 2.75) is 32.4 Å². The average molecular weight is 358 g/mol. The maximum atomic E-state index is 12.8. The van der Waals surface area contributed by atoms with Crippen molar-refractivity contribution < 1.29 is 19.6 Å². The molecule has 1 saturated heterocycles. The summed E-state index contributed by atoms with van der Waals surface area (Å²) in [7, 11) is -1.71. The van der Waals surface area contributed by atoms with E-state index in [9.17, 15) is 19.6 Å². The van der Waals surface area contributed by atoms with Gasteiger partial charge < -0.3 is 20.3 Å². The van der Waals surface area contributed by atoms with Gasteiger partial charge in [-0.3, -0.25) is 9.59 Å². The first kappa shape index (κ1) is 17.7. The van der Waals surface area contributed by atoms with E-state index in [1.807, 2.05) is 38.1 Å². The van der Waals surface area contributed by atoms with Gasteiger partial charge in [0.05, 0.1) is 0 Å². The molecule has 2 aromatic rings. The number of carbonyl (C=O) groups is 2. The van der Waals surface area contributed by atoms with E-state index in [4.69, 9.17) is 0 Å². The zero-order chi connectivity index (χ0) is 18.1. The van der Waals surface area contributed by atoms with Gasteiger partial charge in [-0.1, -0.05) is 12.1 Å². The number of thiophene rings is 1. The smallest absolute Gasteiger partial charge is 0.423 e. The van der Waals surface area contributed by atoms with Crippen LogP contribution in [0.5, 0.6) is 0 Å². The zero-order valence-corrected chi connectivity index (χ0v) is 14.8. The molecule has 2 heterocycles. The molecule has 0 saturated carbocycles. The van der Waals surface area contributed by atoms with Gasteiger partial charge in [0.15, 0.2) is 0 Å². The maximum Gasteiger partial charge on any atom is 0.499 e. The summed E-state index contributed by atoms with van der Waals surface area (Å²) in [5, 5.41) is 23.0. The highest BCUT2D eigenvalue weighted by atomic mass is 32.1. The molecule has 1 aliphatic heterocycles. The highest BCUT2D eigenvalue weighted by Gasteiger charge is 2.39. The van der Waals surface area contributed by atoms with E-state index >= 15 is 0 Å². The minimum Gasteiger partial charge on any atom is -0.423 e. The average Bonchev–Trinajstić information content (AvgIpc) is 3.13. The molecule has 1 aromatic heterocycles. The Balaban J connectivity index is 1.77. The molecule has 1 aliphatic rings. The van der Waals surface area contributed by atoms with Crippen LogP contribution in [0.2, 0.25) is 0 Å². The summed E-state index contributed by atoms with van der Waals surface area (Å²) < 4.78 is 0.173. The Morgan fingerprint density at radius 3 is 2.80 bits per heavy atom. The van der Waals surface area contributed by atoms with Gasteiger partial charge in [0.2, 0.25) is 5.91 Å². The van der Waals surface area contributed by atoms with Crippen molar-refractivity contribution in [3.8, 4) is 0 Å². The topological polar surface area (TPSA) is 89.9 Å². The summed E-state index contributed by atoms with van der Waals surface area (Å²) in [6, 6.07) is 8.54. The predicted octanol–water partition coefficient (Wildman–Crippen LogP) is 0.660. The van der Waals surface area contributed by atoms with Crippen molar-refractivity contribution in [3.05, 3.63) is 46.8 Å². The van der Waals surface area contributed by atoms with Gasteiger partial charge in [-0.05, 0) is 49.4 Å². The zero-order valence-electron chi connectivity index (χ0n) is 14.0. The number of nitrogens with one attached hydrogen (secondary N) is 1. The Kier molecular flexibility index (Phi) is 4.94. The summed E-state index contributed by atoms with van der Waals surface area (Å²) >= 11 is 1.09. The Morgan fingerprint density at radius 1 is 1.36 bits per heavy atom. The van der Waals surface area contributed by atoms with Crippen LogP contribution >= 0.6 is 11.3 Å². The van der Waals surface area contributed by atoms with Gasteiger partial charge in [0.25, 0.3) is 5.91 Å². The second-order valence-electron chi connectivity index (χ2n) is 6.23. The molecule has 2 amide bonds. The number of hydrogen-bond acceptors (Lipinski definition) is 5. The molecule has 6 nitrogen and oxygen atoms in total. The summed E-state index contributed by atoms with van der Waals surface area (Å²) in [6.07, 6.45) is 0.500. The van der Waals surface area contributed by atoms with Crippen LogP contribution in [0.1, 0.15) is 29.3 Å². The molecule has 130 valence electrons. The van der Waals surface area contributed by atoms with Crippen molar-refractivity contribution in [1.82, 2.24) is 5.32 Å². The molecule has 0 radical (unpaired) electrons. The Morgan fingerprint density at radius 2 is 2.12 bits per heavy atom. The molecule has 0 spiro atoms. The molecule has 0 aliphatic carbocycles. The Bertz CT molecular complexity index is 807. The van der Waals surface area contributed by atoms with Crippen LogP contribution in [0.25, 0.3) is 0 Å². The fourth-order valence-corrected chi connectivity index (χ4v) is 3.92. The van der Waals surface area contributed by atoms with E-state index in [2.05, 4.69) is 5.32 Å². The van der Waals surface area contributed by atoms with Gasteiger partial charge in [0, 0.05) is 22.1 Å². The minimum absolute atomic E-state index is 0.0371. The van der Waals surface area contributed by atoms with Crippen LogP contribution in [0.4, 0.5) is 5.69 Å². The van der Waals surface area contributed by atoms with E-state index in [1.165, 1.54) is 6.07 Å². The maximum absolute atomic E-state index is 12.8. The molecule has 25 heavy (non-hydrogen) atoms. The monoisotopic (exact) mass is 358 g/mol. The van der Waals surface area contributed by atoms with Crippen LogP contribution in [-0.4, -0.2) is 41.1 Å². The lowest BCUT2D eigenvalue weighted by molar-refractivity contribution is -0.118. The standard InChI is InChI=1S/C17H19BN2O4S/c1-10-4-3-5-12(8-10)20-11(2)9-14(17(20)22)19-16(21)13-6-7-25-15(13)18(23)24/h3-8,11,14,23-24H,9H2,1-2H3,(H,19,21)/t11?,14-/m0/s1. The molecule has 1 fully saturated rings. The first-order valence-electron chi connectivity index (χ1n) is 8.02. The number of hydrogen-bond donors (Lipinski definition) is 3. The fourth-order valence-electron chi connectivity index (χ4n) is 3.16. The van der Waals surface area contributed by atoms with E-state index in [-0.39, 0.29) is 22.3 Å². The number of nitrogens with zero attached hydrogens (tertiary/aromatic N) is 1. The summed E-state index contributed by atoms with van der Waals surface area (Å²) in [5.74, 6) is -0.631. The number of anilines is 1. The van der Waals surface area contributed by atoms with Crippen LogP contribution in [0.3, 0.4) is 0 Å². The first-order valence-corrected chi connectivity index (χ1v) is 8.90. The lowest BCUT2D eigenvalue weighted by atomic mass is 9.86. The Labute approximate surface area is 150 Å². The van der Waals surface area contributed by atoms with Gasteiger partial charge in [-0.15, -0.1) is 0 Å². The summed E-state index contributed by atoms with van der Waals surface area (Å²) in [6.45, 7) is 3.91. The Hall–Kier alpha value is -2.16. The largest absolute Gasteiger partial charge is 0.499 e. The van der Waals surface area contributed by atoms with E-state index in [0.717, 1.165) is 22.6 Å². The van der Waals surface area contributed by atoms with Crippen molar-refractivity contribution in [2.24, 2.45) is 0 Å². The molecule has 2 atom stereocenters. The second kappa shape index (κ2) is 6.99. The minimum atomic E-state index is -1.71. The molecule has 1 aromatic carbocycles. The van der Waals surface area contributed by atoms with Crippen molar-refractivity contribution in [1.29, 1.82) is 0 Å². The number of benzene rings is 1. The number of amides is 2. The third-order valence-electron chi connectivity index (χ3n) is 4.31. The summed E-state index contributed by atoms with van der Waals surface area (Å²) in [5.41, 5.74) is 2.07. The molecular formula is C17H19BN2O4S. The van der Waals surface area contributed by atoms with Crippen LogP contribution in [0, 0.1) is 6.92 Å². The molecule has 1 unspecified atom stereocenters. The normalized spacial score (nSPS) is 20.0. The van der Waals surface area contributed by atoms with E-state index in [1.54, 1.807) is 10.3 Å². The van der Waals surface area contributed by atoms with Gasteiger partial charge in [0.1, 0.15) is 6.04 Å². The van der Waals surface area contributed by atoms with Gasteiger partial charge in [-0.2, -0.15) is 11.3 Å². The SMILES string of the molecule is Cc1cccc(N2C(=O)[C@@H](NC(=O)c3ccsc3B(O)O)CC2C)c1. The second-order valence-corrected chi connectivity index (χ2v) is 7.18. The summed E-state index contributed by atoms with van der Waals surface area (Å²) in [4.78, 5) is 26.9. The van der Waals surface area contributed by atoms with Crippen LogP contribution in [-0.2, 0) is 4.79 Å². The molecule has 0 bridgehead atoms. The number of aryl methyl sites for hydroxylation is 1.